The van der Waals surface area contributed by atoms with Crippen molar-refractivity contribution in [2.24, 2.45) is 0 Å². The summed E-state index contributed by atoms with van der Waals surface area (Å²) in [6, 6.07) is 7.17. The van der Waals surface area contributed by atoms with Crippen molar-refractivity contribution in [2.75, 3.05) is 17.6 Å². The molecule has 0 bridgehead atoms. The van der Waals surface area contributed by atoms with Gasteiger partial charge in [0.15, 0.2) is 5.82 Å². The van der Waals surface area contributed by atoms with Crippen LogP contribution in [0.5, 0.6) is 0 Å². The third-order valence-corrected chi connectivity index (χ3v) is 2.25. The van der Waals surface area contributed by atoms with Crippen molar-refractivity contribution >= 4 is 11.4 Å². The van der Waals surface area contributed by atoms with Crippen LogP contribution in [0.3, 0.4) is 0 Å². The van der Waals surface area contributed by atoms with Gasteiger partial charge in [-0.25, -0.2) is 0 Å². The first-order chi connectivity index (χ1) is 8.29. The fraction of sp³-hybridized carbons (Fsp3) is 0.182. The zero-order valence-corrected chi connectivity index (χ0v) is 9.05. The van der Waals surface area contributed by atoms with Crippen LogP contribution in [0, 0.1) is 11.3 Å². The topological polar surface area (TPSA) is 101 Å². The molecule has 6 heteroatoms. The van der Waals surface area contributed by atoms with Crippen molar-refractivity contribution < 1.29 is 4.52 Å². The van der Waals surface area contributed by atoms with Crippen molar-refractivity contribution in [3.05, 3.63) is 36.0 Å². The Morgan fingerprint density at radius 3 is 3.00 bits per heavy atom. The monoisotopic (exact) mass is 229 g/mol. The molecule has 2 aromatic rings. The number of nitriles is 1. The average Bonchev–Trinajstić information content (AvgIpc) is 2.84. The second kappa shape index (κ2) is 4.99. The molecule has 0 spiro atoms. The molecule has 17 heavy (non-hydrogen) atoms. The third kappa shape index (κ3) is 2.72. The summed E-state index contributed by atoms with van der Waals surface area (Å²) in [5, 5.41) is 15.5. The fourth-order valence-corrected chi connectivity index (χ4v) is 1.40. The molecule has 0 atom stereocenters. The molecule has 6 nitrogen and oxygen atoms in total. The Labute approximate surface area is 98.1 Å². The molecular weight excluding hydrogens is 218 g/mol. The molecule has 0 aliphatic rings. The quantitative estimate of drug-likeness (QED) is 0.763. The normalized spacial score (nSPS) is 9.82. The maximum absolute atomic E-state index is 8.70. The van der Waals surface area contributed by atoms with Gasteiger partial charge in [-0.05, 0) is 18.2 Å². The molecule has 0 radical (unpaired) electrons. The number of benzene rings is 1. The Morgan fingerprint density at radius 1 is 1.47 bits per heavy atom. The van der Waals surface area contributed by atoms with Crippen LogP contribution in [0.2, 0.25) is 0 Å². The average molecular weight is 229 g/mol. The maximum Gasteiger partial charge on any atom is 0.213 e. The highest BCUT2D eigenvalue weighted by molar-refractivity contribution is 5.68. The van der Waals surface area contributed by atoms with E-state index in [1.165, 1.54) is 6.39 Å². The molecule has 0 saturated carbocycles. The van der Waals surface area contributed by atoms with Crippen molar-refractivity contribution in [1.29, 1.82) is 5.26 Å². The predicted molar refractivity (Wildman–Crippen MR) is 62.1 cm³/mol. The van der Waals surface area contributed by atoms with E-state index < -0.39 is 0 Å². The number of aromatic nitrogens is 2. The first-order valence-electron chi connectivity index (χ1n) is 5.08. The van der Waals surface area contributed by atoms with Crippen molar-refractivity contribution in [3.63, 3.8) is 0 Å². The SMILES string of the molecule is N#Cc1ccc(NCCc2ncon2)c(N)c1. The van der Waals surface area contributed by atoms with Crippen LogP contribution in [0.1, 0.15) is 11.4 Å². The minimum Gasteiger partial charge on any atom is -0.397 e. The summed E-state index contributed by atoms with van der Waals surface area (Å²) in [4.78, 5) is 3.91. The van der Waals surface area contributed by atoms with Crippen LogP contribution < -0.4 is 11.1 Å². The molecular formula is C11H11N5O. The molecule has 0 amide bonds. The van der Waals surface area contributed by atoms with Gasteiger partial charge < -0.3 is 15.6 Å². The number of nitrogens with one attached hydrogen (secondary N) is 1. The van der Waals surface area contributed by atoms with E-state index in [9.17, 15) is 0 Å². The van der Waals surface area contributed by atoms with E-state index in [1.54, 1.807) is 18.2 Å². The highest BCUT2D eigenvalue weighted by Gasteiger charge is 2.01. The number of nitrogens with two attached hydrogens (primary N) is 1. The standard InChI is InChI=1S/C11H11N5O/c12-6-8-1-2-10(9(13)5-8)14-4-3-11-15-7-17-16-11/h1-2,5,7,14H,3-4,13H2. The van der Waals surface area contributed by atoms with Gasteiger partial charge in [-0.1, -0.05) is 5.16 Å². The van der Waals surface area contributed by atoms with Gasteiger partial charge in [0.25, 0.3) is 0 Å². The van der Waals surface area contributed by atoms with Crippen LogP contribution in [0.4, 0.5) is 11.4 Å². The van der Waals surface area contributed by atoms with E-state index in [0.717, 1.165) is 5.69 Å². The first-order valence-corrected chi connectivity index (χ1v) is 5.08. The lowest BCUT2D eigenvalue weighted by Crippen LogP contribution is -2.07. The maximum atomic E-state index is 8.70. The van der Waals surface area contributed by atoms with E-state index in [1.807, 2.05) is 6.07 Å². The van der Waals surface area contributed by atoms with Gasteiger partial charge in [-0.2, -0.15) is 10.2 Å². The van der Waals surface area contributed by atoms with Gasteiger partial charge >= 0.3 is 0 Å². The largest absolute Gasteiger partial charge is 0.397 e. The zero-order valence-electron chi connectivity index (χ0n) is 9.05. The second-order valence-electron chi connectivity index (χ2n) is 3.44. The van der Waals surface area contributed by atoms with Crippen LogP contribution in [-0.4, -0.2) is 16.7 Å². The van der Waals surface area contributed by atoms with E-state index in [0.29, 0.717) is 30.0 Å². The first kappa shape index (κ1) is 11.0. The van der Waals surface area contributed by atoms with Crippen LogP contribution >= 0.6 is 0 Å². The summed E-state index contributed by atoms with van der Waals surface area (Å²) in [6.07, 6.45) is 1.95. The van der Waals surface area contributed by atoms with Crippen molar-refractivity contribution in [1.82, 2.24) is 10.1 Å². The molecule has 0 fully saturated rings. The minimum absolute atomic E-state index is 0.547. The lowest BCUT2D eigenvalue weighted by Gasteiger charge is -2.07. The Balaban J connectivity index is 1.93. The Kier molecular flexibility index (Phi) is 3.21. The lowest BCUT2D eigenvalue weighted by molar-refractivity contribution is 0.410. The van der Waals surface area contributed by atoms with Gasteiger partial charge in [-0.3, -0.25) is 0 Å². The molecule has 0 saturated heterocycles. The highest BCUT2D eigenvalue weighted by Crippen LogP contribution is 2.19. The van der Waals surface area contributed by atoms with E-state index >= 15 is 0 Å². The molecule has 0 aliphatic heterocycles. The second-order valence-corrected chi connectivity index (χ2v) is 3.44. The summed E-state index contributed by atoms with van der Waals surface area (Å²) in [6.45, 7) is 0.648. The van der Waals surface area contributed by atoms with Gasteiger partial charge in [0.2, 0.25) is 6.39 Å². The summed E-state index contributed by atoms with van der Waals surface area (Å²) in [5.74, 6) is 0.643. The summed E-state index contributed by atoms with van der Waals surface area (Å²) in [7, 11) is 0. The molecule has 86 valence electrons. The number of anilines is 2. The molecule has 1 aromatic heterocycles. The fourth-order valence-electron chi connectivity index (χ4n) is 1.40. The number of hydrogen-bond donors (Lipinski definition) is 2. The smallest absolute Gasteiger partial charge is 0.213 e. The van der Waals surface area contributed by atoms with E-state index in [2.05, 4.69) is 20.0 Å². The van der Waals surface area contributed by atoms with E-state index in [-0.39, 0.29) is 0 Å². The minimum atomic E-state index is 0.547. The van der Waals surface area contributed by atoms with E-state index in [4.69, 9.17) is 11.0 Å². The molecule has 2 rings (SSSR count). The summed E-state index contributed by atoms with van der Waals surface area (Å²) in [5.41, 5.74) is 7.69. The van der Waals surface area contributed by atoms with Gasteiger partial charge in [0.05, 0.1) is 23.0 Å². The number of rotatable bonds is 4. The van der Waals surface area contributed by atoms with Gasteiger partial charge in [0.1, 0.15) is 0 Å². The molecule has 1 heterocycles. The Morgan fingerprint density at radius 2 is 2.35 bits per heavy atom. The van der Waals surface area contributed by atoms with Crippen molar-refractivity contribution in [2.45, 2.75) is 6.42 Å². The number of nitrogen functional groups attached to an aromatic ring is 1. The van der Waals surface area contributed by atoms with Crippen LogP contribution in [0.15, 0.2) is 29.1 Å². The lowest BCUT2D eigenvalue weighted by atomic mass is 10.2. The highest BCUT2D eigenvalue weighted by atomic mass is 16.5. The molecule has 1 aromatic carbocycles. The molecule has 0 unspecified atom stereocenters. The third-order valence-electron chi connectivity index (χ3n) is 2.25. The Bertz CT molecular complexity index is 529. The number of nitrogens with zero attached hydrogens (tertiary/aromatic N) is 3. The van der Waals surface area contributed by atoms with Crippen LogP contribution in [-0.2, 0) is 6.42 Å². The molecule has 3 N–H and O–H groups in total. The zero-order chi connectivity index (χ0) is 12.1. The predicted octanol–water partition coefficient (Wildman–Crippen LogP) is 1.18. The summed E-state index contributed by atoms with van der Waals surface area (Å²) >= 11 is 0. The number of hydrogen-bond acceptors (Lipinski definition) is 6. The Hall–Kier alpha value is -2.55. The van der Waals surface area contributed by atoms with Crippen molar-refractivity contribution in [3.8, 4) is 6.07 Å². The van der Waals surface area contributed by atoms with Gasteiger partial charge in [-0.15, -0.1) is 0 Å². The molecule has 0 aliphatic carbocycles. The van der Waals surface area contributed by atoms with Crippen LogP contribution in [0.25, 0.3) is 0 Å². The van der Waals surface area contributed by atoms with Gasteiger partial charge in [0, 0.05) is 13.0 Å². The summed E-state index contributed by atoms with van der Waals surface area (Å²) < 4.78 is 4.62.